The monoisotopic (exact) mass is 966 g/mol. The number of ketones is 1. The van der Waals surface area contributed by atoms with E-state index in [1.165, 1.54) is 37.0 Å². The molecule has 0 aliphatic heterocycles. The van der Waals surface area contributed by atoms with Crippen LogP contribution in [0.2, 0.25) is 0 Å². The fraction of sp³-hybridized carbons (Fsp3) is 0.528. The predicted octanol–water partition coefficient (Wildman–Crippen LogP) is 8.57. The van der Waals surface area contributed by atoms with E-state index in [2.05, 4.69) is 30.4 Å². The largest absolute Gasteiger partial charge is 0.748 e. The summed E-state index contributed by atoms with van der Waals surface area (Å²) in [5.74, 6) is 1.01. The molecule has 8 rings (SSSR count). The molecule has 13 nitrogen and oxygen atoms in total. The zero-order chi connectivity index (χ0) is 48.4. The van der Waals surface area contributed by atoms with Crippen LogP contribution in [0.1, 0.15) is 120 Å². The van der Waals surface area contributed by atoms with Crippen LogP contribution in [0.4, 0.5) is 0 Å². The topological polar surface area (TPSA) is 183 Å². The first kappa shape index (κ1) is 49.4. The summed E-state index contributed by atoms with van der Waals surface area (Å²) in [7, 11) is -8.85. The number of hydrogen-bond donors (Lipinski definition) is 1. The molecule has 1 heterocycles. The number of unbranched alkanes of at least 4 members (excludes halogenated alkanes) is 1. The van der Waals surface area contributed by atoms with Gasteiger partial charge in [0.05, 0.1) is 37.1 Å². The lowest BCUT2D eigenvalue weighted by Gasteiger charge is -2.58. The zero-order valence-corrected chi connectivity index (χ0v) is 41.5. The van der Waals surface area contributed by atoms with Crippen molar-refractivity contribution in [3.8, 4) is 0 Å². The molecule has 0 saturated heterocycles. The summed E-state index contributed by atoms with van der Waals surface area (Å²) in [4.78, 5) is 46.3. The number of sulfonamides is 1. The highest BCUT2D eigenvalue weighted by molar-refractivity contribution is 7.89. The Morgan fingerprint density at radius 3 is 2.21 bits per heavy atom. The number of fused-ring (bicyclic) bond motifs is 7. The van der Waals surface area contributed by atoms with Gasteiger partial charge in [0.15, 0.2) is 6.54 Å². The molecule has 1 aromatic heterocycles. The Morgan fingerprint density at radius 2 is 1.53 bits per heavy atom. The third-order valence-corrected chi connectivity index (χ3v) is 18.7. The number of nitrogens with one attached hydrogen (secondary N) is 1. The van der Waals surface area contributed by atoms with Crippen molar-refractivity contribution >= 4 is 65.3 Å². The number of Topliss-reactive ketones (excluding diaryl/α,β-unsaturated/α-hetero) is 1. The van der Waals surface area contributed by atoms with Crippen LogP contribution in [-0.2, 0) is 41.1 Å². The Bertz CT molecular complexity index is 2810. The second-order valence-electron chi connectivity index (χ2n) is 20.2. The molecule has 4 aliphatic carbocycles. The second kappa shape index (κ2) is 20.2. The van der Waals surface area contributed by atoms with Crippen LogP contribution < -0.4 is 9.88 Å². The predicted molar refractivity (Wildman–Crippen MR) is 261 cm³/mol. The van der Waals surface area contributed by atoms with E-state index in [0.717, 1.165) is 47.7 Å². The molecule has 6 atom stereocenters. The molecule has 0 bridgehead atoms. The lowest BCUT2D eigenvalue weighted by molar-refractivity contribution is -0.645. The summed E-state index contributed by atoms with van der Waals surface area (Å²) in [5.41, 5.74) is 4.97. The maximum absolute atomic E-state index is 14.9. The lowest BCUT2D eigenvalue weighted by atomic mass is 9.46. The SMILES string of the molecule is CC(=O)[C@H]1CC[C@H]2[C@@H]3CCC4=C/C(=N\OCCCCNC(=O)CCCN(C(=O)c5c6ccccc6[n+](CCCS(=O)(=O)[O-])c6ccccc56)S(=O)(=O)c5ccc(C)cc5)CC[C@]4(C)[C@H]3CC[C@]12C. The van der Waals surface area contributed by atoms with Crippen molar-refractivity contribution in [1.29, 1.82) is 0 Å². The summed E-state index contributed by atoms with van der Waals surface area (Å²) < 4.78 is 65.9. The summed E-state index contributed by atoms with van der Waals surface area (Å²) in [6.45, 7) is 9.24. The van der Waals surface area contributed by atoms with Gasteiger partial charge in [0.2, 0.25) is 16.9 Å². The van der Waals surface area contributed by atoms with Crippen molar-refractivity contribution < 1.29 is 45.2 Å². The highest BCUT2D eigenvalue weighted by Gasteiger charge is 2.59. The number of benzene rings is 3. The van der Waals surface area contributed by atoms with Gasteiger partial charge in [-0.05, 0) is 143 Å². The maximum atomic E-state index is 14.9. The van der Waals surface area contributed by atoms with Crippen LogP contribution in [0.15, 0.2) is 94.5 Å². The molecule has 15 heteroatoms. The number of nitrogens with zero attached hydrogens (tertiary/aromatic N) is 3. The van der Waals surface area contributed by atoms with Gasteiger partial charge in [-0.2, -0.15) is 4.57 Å². The van der Waals surface area contributed by atoms with E-state index in [1.807, 2.05) is 11.5 Å². The van der Waals surface area contributed by atoms with Gasteiger partial charge in [-0.15, -0.1) is 0 Å². The first-order valence-corrected chi connectivity index (χ1v) is 27.5. The first-order valence-electron chi connectivity index (χ1n) is 24.5. The Balaban J connectivity index is 0.865. The van der Waals surface area contributed by atoms with E-state index in [9.17, 15) is 35.8 Å². The highest BCUT2D eigenvalue weighted by Crippen LogP contribution is 2.66. The van der Waals surface area contributed by atoms with Gasteiger partial charge in [0.1, 0.15) is 12.4 Å². The molecule has 4 aliphatic rings. The first-order chi connectivity index (χ1) is 32.4. The van der Waals surface area contributed by atoms with E-state index >= 15 is 0 Å². The number of carbonyl (C=O) groups is 3. The van der Waals surface area contributed by atoms with Crippen LogP contribution in [0, 0.1) is 41.4 Å². The van der Waals surface area contributed by atoms with Crippen molar-refractivity contribution in [1.82, 2.24) is 9.62 Å². The normalized spacial score (nSPS) is 25.3. The van der Waals surface area contributed by atoms with Crippen LogP contribution in [0.3, 0.4) is 0 Å². The van der Waals surface area contributed by atoms with Crippen molar-refractivity contribution in [2.75, 3.05) is 25.4 Å². The number of aromatic nitrogens is 1. The minimum atomic E-state index is -4.46. The van der Waals surface area contributed by atoms with Crippen molar-refractivity contribution in [2.24, 2.45) is 39.7 Å². The number of oxime groups is 1. The number of amides is 2. The van der Waals surface area contributed by atoms with E-state index < -0.39 is 31.8 Å². The highest BCUT2D eigenvalue weighted by atomic mass is 32.2. The van der Waals surface area contributed by atoms with E-state index in [-0.39, 0.29) is 65.5 Å². The average molecular weight is 967 g/mol. The molecule has 0 unspecified atom stereocenters. The number of pyridine rings is 1. The van der Waals surface area contributed by atoms with Gasteiger partial charge < -0.3 is 14.7 Å². The smallest absolute Gasteiger partial charge is 0.269 e. The molecule has 364 valence electrons. The Kier molecular flexibility index (Phi) is 14.7. The minimum Gasteiger partial charge on any atom is -0.748 e. The van der Waals surface area contributed by atoms with Crippen molar-refractivity contribution in [3.63, 3.8) is 0 Å². The van der Waals surface area contributed by atoms with Crippen LogP contribution in [-0.4, -0.2) is 74.5 Å². The summed E-state index contributed by atoms with van der Waals surface area (Å²) in [6.07, 6.45) is 12.5. The molecule has 2 amide bonds. The fourth-order valence-electron chi connectivity index (χ4n) is 12.7. The molecule has 68 heavy (non-hydrogen) atoms. The quantitative estimate of drug-likeness (QED) is 0.0336. The third-order valence-electron chi connectivity index (χ3n) is 16.2. The minimum absolute atomic E-state index is 0.00957. The molecule has 1 N–H and O–H groups in total. The molecule has 0 spiro atoms. The molecule has 4 aromatic rings. The zero-order valence-electron chi connectivity index (χ0n) is 39.9. The van der Waals surface area contributed by atoms with E-state index in [1.54, 1.807) is 67.6 Å². The maximum Gasteiger partial charge on any atom is 0.269 e. The van der Waals surface area contributed by atoms with Crippen LogP contribution in [0.25, 0.3) is 21.8 Å². The number of carbonyl (C=O) groups excluding carboxylic acids is 3. The number of allylic oxidation sites excluding steroid dienone is 2. The molecule has 0 radical (unpaired) electrons. The van der Waals surface area contributed by atoms with Crippen LogP contribution in [0.5, 0.6) is 0 Å². The summed E-state index contributed by atoms with van der Waals surface area (Å²) >= 11 is 0. The molecule has 3 saturated carbocycles. The number of aryl methyl sites for hydroxylation is 2. The van der Waals surface area contributed by atoms with Gasteiger partial charge in [-0.3, -0.25) is 14.4 Å². The van der Waals surface area contributed by atoms with Crippen molar-refractivity contribution in [2.45, 2.75) is 123 Å². The molecule has 3 aromatic carbocycles. The van der Waals surface area contributed by atoms with Crippen molar-refractivity contribution in [3.05, 3.63) is 95.6 Å². The van der Waals surface area contributed by atoms with E-state index in [0.29, 0.717) is 71.3 Å². The number of rotatable bonds is 18. The Hall–Kier alpha value is -4.99. The summed E-state index contributed by atoms with van der Waals surface area (Å²) in [6, 6.07) is 20.3. The van der Waals surface area contributed by atoms with Gasteiger partial charge in [-0.1, -0.05) is 66.5 Å². The third kappa shape index (κ3) is 10.0. The van der Waals surface area contributed by atoms with Gasteiger partial charge in [0, 0.05) is 49.7 Å². The Morgan fingerprint density at radius 1 is 0.838 bits per heavy atom. The number of para-hydroxylation sites is 2. The molecular weight excluding hydrogens is 901 g/mol. The number of hydrogen-bond acceptors (Lipinski definition) is 10. The second-order valence-corrected chi connectivity index (χ2v) is 23.6. The van der Waals surface area contributed by atoms with Gasteiger partial charge >= 0.3 is 0 Å². The lowest BCUT2D eigenvalue weighted by Crippen LogP contribution is -2.51. The average Bonchev–Trinajstić information content (AvgIpc) is 3.67. The van der Waals surface area contributed by atoms with Crippen LogP contribution >= 0.6 is 0 Å². The fourth-order valence-corrected chi connectivity index (χ4v) is 14.6. The standard InChI is InChI=1S/C53H66N4O9S2/c1-36-18-21-40(22-19-36)68(64,65)57(51(60)50-42-13-5-7-15-47(42)56(31-12-34-67(61,62)63)48-16-8-6-14-43(48)50)32-11-17-49(59)54-30-9-10-33-66-55-39-26-28-52(3)38(35-39)20-23-41-45-25-24-44(37(2)58)53(45,4)29-27-46(41)52/h5-8,13-16,18-19,21-22,35,41,44-46H,9-12,17,20,23-34H2,1-4H3,(H-,54,59,61,62,63)/b55-39-/t41-,44+,45-,46-,52-,53+/m0/s1. The van der Waals surface area contributed by atoms with Gasteiger partial charge in [0.25, 0.3) is 15.9 Å². The molecule has 3 fully saturated rings. The molecular formula is C53H66N4O9S2. The van der Waals surface area contributed by atoms with E-state index in [4.69, 9.17) is 4.84 Å². The van der Waals surface area contributed by atoms with Gasteiger partial charge in [-0.25, -0.2) is 21.1 Å². The summed E-state index contributed by atoms with van der Waals surface area (Å²) in [5, 5.41) is 8.38. The Labute approximate surface area is 401 Å².